The molecule has 0 bridgehead atoms. The predicted molar refractivity (Wildman–Crippen MR) is 87.9 cm³/mol. The summed E-state index contributed by atoms with van der Waals surface area (Å²) in [5.41, 5.74) is 1.58. The third-order valence-electron chi connectivity index (χ3n) is 4.42. The lowest BCUT2D eigenvalue weighted by Gasteiger charge is -2.30. The summed E-state index contributed by atoms with van der Waals surface area (Å²) in [6.07, 6.45) is 2.16. The van der Waals surface area contributed by atoms with E-state index in [4.69, 9.17) is 0 Å². The van der Waals surface area contributed by atoms with Crippen molar-refractivity contribution < 1.29 is 4.79 Å². The molecule has 6 heteroatoms. The lowest BCUT2D eigenvalue weighted by atomic mass is 9.98. The summed E-state index contributed by atoms with van der Waals surface area (Å²) < 4.78 is 1.77. The highest BCUT2D eigenvalue weighted by molar-refractivity contribution is 5.95. The average Bonchev–Trinajstić information content (AvgIpc) is 3.05. The van der Waals surface area contributed by atoms with Crippen molar-refractivity contribution in [2.24, 2.45) is 5.92 Å². The van der Waals surface area contributed by atoms with E-state index in [-0.39, 0.29) is 11.9 Å². The van der Waals surface area contributed by atoms with Crippen LogP contribution in [0.2, 0.25) is 0 Å². The number of amides is 1. The van der Waals surface area contributed by atoms with E-state index in [2.05, 4.69) is 22.4 Å². The van der Waals surface area contributed by atoms with Crippen LogP contribution in [0.1, 0.15) is 50.0 Å². The normalized spacial score (nSPS) is 16.1. The van der Waals surface area contributed by atoms with Gasteiger partial charge in [-0.1, -0.05) is 19.1 Å². The molecule has 3 rings (SSSR count). The Bertz CT molecular complexity index is 686. The van der Waals surface area contributed by atoms with Crippen molar-refractivity contribution in [1.29, 1.82) is 0 Å². The van der Waals surface area contributed by atoms with Gasteiger partial charge >= 0.3 is 0 Å². The number of hydrogen-bond acceptors (Lipinski definition) is 4. The molecule has 0 aliphatic carbocycles. The van der Waals surface area contributed by atoms with Gasteiger partial charge in [0.2, 0.25) is 0 Å². The van der Waals surface area contributed by atoms with Crippen molar-refractivity contribution in [2.75, 3.05) is 13.1 Å². The van der Waals surface area contributed by atoms with Crippen molar-refractivity contribution in [2.45, 2.75) is 39.7 Å². The Hall–Kier alpha value is -2.24. The highest BCUT2D eigenvalue weighted by atomic mass is 16.2. The van der Waals surface area contributed by atoms with E-state index in [0.717, 1.165) is 31.5 Å². The minimum Gasteiger partial charge on any atom is -0.339 e. The molecule has 1 amide bonds. The van der Waals surface area contributed by atoms with E-state index in [1.807, 2.05) is 43.0 Å². The summed E-state index contributed by atoms with van der Waals surface area (Å²) in [4.78, 5) is 14.7. The second kappa shape index (κ2) is 6.48. The topological polar surface area (TPSA) is 63.9 Å². The van der Waals surface area contributed by atoms with Gasteiger partial charge in [-0.25, -0.2) is 4.68 Å². The Morgan fingerprint density at radius 2 is 2.00 bits per heavy atom. The molecule has 0 radical (unpaired) electrons. The second-order valence-corrected chi connectivity index (χ2v) is 6.60. The molecule has 0 unspecified atom stereocenters. The summed E-state index contributed by atoms with van der Waals surface area (Å²) in [6.45, 7) is 7.99. The van der Waals surface area contributed by atoms with Crippen LogP contribution in [0.15, 0.2) is 24.3 Å². The van der Waals surface area contributed by atoms with E-state index < -0.39 is 0 Å². The lowest BCUT2D eigenvalue weighted by Crippen LogP contribution is -2.37. The van der Waals surface area contributed by atoms with Crippen LogP contribution in [0.25, 0.3) is 11.4 Å². The number of likely N-dealkylation sites (tertiary alicyclic amines) is 1. The van der Waals surface area contributed by atoms with Gasteiger partial charge in [0.05, 0.1) is 6.04 Å². The third kappa shape index (κ3) is 3.25. The molecular weight excluding hydrogens is 290 g/mol. The van der Waals surface area contributed by atoms with Crippen molar-refractivity contribution in [3.8, 4) is 11.4 Å². The maximum atomic E-state index is 12.7. The highest BCUT2D eigenvalue weighted by Gasteiger charge is 2.22. The zero-order valence-electron chi connectivity index (χ0n) is 13.9. The second-order valence-electron chi connectivity index (χ2n) is 6.60. The molecule has 23 heavy (non-hydrogen) atoms. The van der Waals surface area contributed by atoms with Gasteiger partial charge in [-0.05, 0) is 55.2 Å². The quantitative estimate of drug-likeness (QED) is 0.874. The third-order valence-corrected chi connectivity index (χ3v) is 4.42. The molecule has 2 heterocycles. The Balaban J connectivity index is 1.85. The summed E-state index contributed by atoms with van der Waals surface area (Å²) >= 11 is 0. The average molecular weight is 313 g/mol. The SMILES string of the molecule is CC1CCN(C(=O)c2cccc(-c3nnnn3C(C)C)c2)CC1. The van der Waals surface area contributed by atoms with Gasteiger partial charge in [-0.3, -0.25) is 4.79 Å². The fourth-order valence-corrected chi connectivity index (χ4v) is 2.92. The van der Waals surface area contributed by atoms with Gasteiger partial charge in [0.25, 0.3) is 5.91 Å². The highest BCUT2D eigenvalue weighted by Crippen LogP contribution is 2.22. The van der Waals surface area contributed by atoms with Crippen LogP contribution in [0.5, 0.6) is 0 Å². The zero-order valence-corrected chi connectivity index (χ0v) is 13.9. The van der Waals surface area contributed by atoms with E-state index in [1.54, 1.807) is 4.68 Å². The molecule has 1 aliphatic heterocycles. The Morgan fingerprint density at radius 3 is 2.70 bits per heavy atom. The van der Waals surface area contributed by atoms with Crippen LogP contribution >= 0.6 is 0 Å². The van der Waals surface area contributed by atoms with E-state index in [0.29, 0.717) is 17.3 Å². The zero-order chi connectivity index (χ0) is 16.4. The molecule has 6 nitrogen and oxygen atoms in total. The largest absolute Gasteiger partial charge is 0.339 e. The molecule has 122 valence electrons. The Labute approximate surface area is 136 Å². The standard InChI is InChI=1S/C17H23N5O/c1-12(2)22-16(18-19-20-22)14-5-4-6-15(11-14)17(23)21-9-7-13(3)8-10-21/h4-6,11-13H,7-10H2,1-3H3. The number of nitrogens with zero attached hydrogens (tertiary/aromatic N) is 5. The van der Waals surface area contributed by atoms with Gasteiger partial charge in [-0.2, -0.15) is 0 Å². The van der Waals surface area contributed by atoms with Gasteiger partial charge in [0.15, 0.2) is 5.82 Å². The molecule has 0 N–H and O–H groups in total. The Kier molecular flexibility index (Phi) is 4.41. The molecule has 2 aromatic rings. The molecule has 0 spiro atoms. The van der Waals surface area contributed by atoms with Gasteiger partial charge < -0.3 is 4.90 Å². The first-order valence-electron chi connectivity index (χ1n) is 8.24. The number of carbonyl (C=O) groups is 1. The lowest BCUT2D eigenvalue weighted by molar-refractivity contribution is 0.0697. The van der Waals surface area contributed by atoms with E-state index >= 15 is 0 Å². The summed E-state index contributed by atoms with van der Waals surface area (Å²) in [5, 5.41) is 11.9. The van der Waals surface area contributed by atoms with Crippen LogP contribution in [-0.2, 0) is 0 Å². The number of carbonyl (C=O) groups excluding carboxylic acids is 1. The monoisotopic (exact) mass is 313 g/mol. The van der Waals surface area contributed by atoms with Crippen LogP contribution in [0.3, 0.4) is 0 Å². The fraction of sp³-hybridized carbons (Fsp3) is 0.529. The Morgan fingerprint density at radius 1 is 1.26 bits per heavy atom. The molecule has 0 atom stereocenters. The summed E-state index contributed by atoms with van der Waals surface area (Å²) in [7, 11) is 0. The maximum Gasteiger partial charge on any atom is 0.253 e. The first-order valence-corrected chi connectivity index (χ1v) is 8.24. The van der Waals surface area contributed by atoms with Crippen molar-refractivity contribution in [3.05, 3.63) is 29.8 Å². The molecule has 1 aliphatic rings. The molecule has 1 aromatic heterocycles. The van der Waals surface area contributed by atoms with Gasteiger partial charge in [0.1, 0.15) is 0 Å². The fourth-order valence-electron chi connectivity index (χ4n) is 2.92. The number of benzene rings is 1. The summed E-state index contributed by atoms with van der Waals surface area (Å²) in [5.74, 6) is 1.50. The van der Waals surface area contributed by atoms with Crippen molar-refractivity contribution in [3.63, 3.8) is 0 Å². The van der Waals surface area contributed by atoms with Crippen LogP contribution in [0.4, 0.5) is 0 Å². The molecule has 1 fully saturated rings. The predicted octanol–water partition coefficient (Wildman–Crippen LogP) is 2.79. The number of piperidine rings is 1. The first kappa shape index (κ1) is 15.6. The minimum absolute atomic E-state index is 0.0994. The van der Waals surface area contributed by atoms with Crippen LogP contribution in [-0.4, -0.2) is 44.1 Å². The number of aromatic nitrogens is 4. The smallest absolute Gasteiger partial charge is 0.253 e. The molecule has 1 aromatic carbocycles. The number of rotatable bonds is 3. The first-order chi connectivity index (χ1) is 11.1. The maximum absolute atomic E-state index is 12.7. The van der Waals surface area contributed by atoms with E-state index in [9.17, 15) is 4.79 Å². The number of tetrazole rings is 1. The number of hydrogen-bond donors (Lipinski definition) is 0. The van der Waals surface area contributed by atoms with Crippen molar-refractivity contribution >= 4 is 5.91 Å². The minimum atomic E-state index is 0.0994. The molecule has 0 saturated carbocycles. The van der Waals surface area contributed by atoms with Crippen LogP contribution < -0.4 is 0 Å². The van der Waals surface area contributed by atoms with Gasteiger partial charge in [-0.15, -0.1) is 5.10 Å². The molecule has 1 saturated heterocycles. The van der Waals surface area contributed by atoms with E-state index in [1.165, 1.54) is 0 Å². The van der Waals surface area contributed by atoms with Crippen LogP contribution in [0, 0.1) is 5.92 Å². The van der Waals surface area contributed by atoms with Crippen molar-refractivity contribution in [1.82, 2.24) is 25.1 Å². The molecular formula is C17H23N5O. The van der Waals surface area contributed by atoms with Gasteiger partial charge in [0, 0.05) is 24.2 Å². The summed E-state index contributed by atoms with van der Waals surface area (Å²) in [6, 6.07) is 7.77.